The largest absolute Gasteiger partial charge is 0.348 e. The molecule has 0 radical (unpaired) electrons. The van der Waals surface area contributed by atoms with Crippen molar-refractivity contribution in [3.8, 4) is 0 Å². The van der Waals surface area contributed by atoms with Gasteiger partial charge in [-0.1, -0.05) is 60.7 Å². The number of aromatic nitrogens is 1. The van der Waals surface area contributed by atoms with Crippen molar-refractivity contribution in [2.24, 2.45) is 0 Å². The quantitative estimate of drug-likeness (QED) is 0.620. The molecule has 0 fully saturated rings. The van der Waals surface area contributed by atoms with Crippen molar-refractivity contribution in [3.05, 3.63) is 96.3 Å². The molecule has 1 heterocycles. The lowest BCUT2D eigenvalue weighted by Gasteiger charge is -2.22. The summed E-state index contributed by atoms with van der Waals surface area (Å²) in [5, 5.41) is 2.98. The molecule has 3 aromatic rings. The Morgan fingerprint density at radius 2 is 1.66 bits per heavy atom. The molecule has 1 unspecified atom stereocenters. The van der Waals surface area contributed by atoms with E-state index >= 15 is 0 Å². The molecule has 6 nitrogen and oxygen atoms in total. The second-order valence-corrected chi connectivity index (χ2v) is 8.72. The summed E-state index contributed by atoms with van der Waals surface area (Å²) in [5.41, 5.74) is 2.04. The third-order valence-electron chi connectivity index (χ3n) is 4.53. The Bertz CT molecular complexity index is 1030. The van der Waals surface area contributed by atoms with E-state index in [4.69, 9.17) is 0 Å². The van der Waals surface area contributed by atoms with Crippen molar-refractivity contribution in [2.45, 2.75) is 17.4 Å². The van der Waals surface area contributed by atoms with Crippen LogP contribution in [0.5, 0.6) is 0 Å². The van der Waals surface area contributed by atoms with Crippen molar-refractivity contribution in [2.75, 3.05) is 13.6 Å². The maximum absolute atomic E-state index is 12.7. The van der Waals surface area contributed by atoms with Crippen LogP contribution >= 0.6 is 0 Å². The second kappa shape index (κ2) is 9.45. The monoisotopic (exact) mass is 409 g/mol. The highest BCUT2D eigenvalue weighted by Gasteiger charge is 2.24. The smallest absolute Gasteiger partial charge is 0.244 e. The fourth-order valence-electron chi connectivity index (χ4n) is 2.99. The van der Waals surface area contributed by atoms with Crippen molar-refractivity contribution >= 4 is 15.9 Å². The first kappa shape index (κ1) is 20.7. The average molecular weight is 410 g/mol. The van der Waals surface area contributed by atoms with Gasteiger partial charge in [-0.2, -0.15) is 4.31 Å². The van der Waals surface area contributed by atoms with E-state index in [0.29, 0.717) is 6.42 Å². The molecule has 3 rings (SSSR count). The molecular formula is C22H23N3O3S. The maximum Gasteiger partial charge on any atom is 0.244 e. The van der Waals surface area contributed by atoms with Crippen molar-refractivity contribution in [1.29, 1.82) is 0 Å². The highest BCUT2D eigenvalue weighted by Crippen LogP contribution is 2.19. The third kappa shape index (κ3) is 5.49. The number of amides is 1. The Balaban J connectivity index is 1.73. The van der Waals surface area contributed by atoms with Crippen LogP contribution < -0.4 is 5.32 Å². The number of rotatable bonds is 8. The minimum atomic E-state index is -3.78. The number of sulfonamides is 1. The van der Waals surface area contributed by atoms with E-state index in [1.165, 1.54) is 25.5 Å². The molecule has 1 N–H and O–H groups in total. The van der Waals surface area contributed by atoms with Gasteiger partial charge in [0.15, 0.2) is 0 Å². The van der Waals surface area contributed by atoms with Gasteiger partial charge in [0, 0.05) is 19.4 Å². The van der Waals surface area contributed by atoms with Crippen LogP contribution in [0.3, 0.4) is 0 Å². The number of likely N-dealkylation sites (N-methyl/N-ethyl adjacent to an activating group) is 1. The lowest BCUT2D eigenvalue weighted by atomic mass is 9.99. The van der Waals surface area contributed by atoms with Crippen LogP contribution in [0.15, 0.2) is 90.1 Å². The molecule has 0 spiro atoms. The number of carbonyl (C=O) groups excluding carboxylic acids is 1. The van der Waals surface area contributed by atoms with Crippen LogP contribution in [0.1, 0.15) is 17.2 Å². The number of nitrogens with one attached hydrogen (secondary N) is 1. The minimum Gasteiger partial charge on any atom is -0.348 e. The van der Waals surface area contributed by atoms with Gasteiger partial charge < -0.3 is 5.32 Å². The number of carbonyl (C=O) groups is 1. The molecule has 2 aromatic carbocycles. The molecule has 29 heavy (non-hydrogen) atoms. The number of benzene rings is 2. The van der Waals surface area contributed by atoms with Gasteiger partial charge in [0.1, 0.15) is 4.90 Å². The van der Waals surface area contributed by atoms with Gasteiger partial charge >= 0.3 is 0 Å². The summed E-state index contributed by atoms with van der Waals surface area (Å²) >= 11 is 0. The zero-order valence-corrected chi connectivity index (χ0v) is 16.9. The molecule has 1 atom stereocenters. The fourth-order valence-corrected chi connectivity index (χ4v) is 4.09. The second-order valence-electron chi connectivity index (χ2n) is 6.67. The van der Waals surface area contributed by atoms with E-state index in [-0.39, 0.29) is 23.4 Å². The Morgan fingerprint density at radius 3 is 2.28 bits per heavy atom. The SMILES string of the molecule is CN(CC(=O)NC(Cc1ccccc1)c1ccccc1)S(=O)(=O)c1cccnc1. The van der Waals surface area contributed by atoms with Crippen LogP contribution in [0.2, 0.25) is 0 Å². The molecule has 0 aliphatic heterocycles. The Kier molecular flexibility index (Phi) is 6.74. The first-order chi connectivity index (χ1) is 14.0. The third-order valence-corrected chi connectivity index (χ3v) is 6.32. The molecular weight excluding hydrogens is 386 g/mol. The van der Waals surface area contributed by atoms with E-state index in [2.05, 4.69) is 10.3 Å². The van der Waals surface area contributed by atoms with E-state index in [9.17, 15) is 13.2 Å². The Labute approximate surface area is 171 Å². The normalized spacial score (nSPS) is 12.5. The van der Waals surface area contributed by atoms with E-state index in [1.54, 1.807) is 6.07 Å². The van der Waals surface area contributed by atoms with Crippen LogP contribution in [0.25, 0.3) is 0 Å². The molecule has 1 amide bonds. The van der Waals surface area contributed by atoms with Gasteiger partial charge in [0.05, 0.1) is 12.6 Å². The van der Waals surface area contributed by atoms with Crippen LogP contribution in [-0.2, 0) is 21.2 Å². The molecule has 7 heteroatoms. The van der Waals surface area contributed by atoms with Crippen molar-refractivity contribution in [3.63, 3.8) is 0 Å². The zero-order valence-electron chi connectivity index (χ0n) is 16.1. The lowest BCUT2D eigenvalue weighted by Crippen LogP contribution is -2.40. The fraction of sp³-hybridized carbons (Fsp3) is 0.182. The molecule has 0 saturated carbocycles. The zero-order chi connectivity index (χ0) is 20.7. The van der Waals surface area contributed by atoms with Crippen molar-refractivity contribution in [1.82, 2.24) is 14.6 Å². The first-order valence-corrected chi connectivity index (χ1v) is 10.7. The predicted octanol–water partition coefficient (Wildman–Crippen LogP) is 2.80. The molecule has 0 saturated heterocycles. The molecule has 1 aromatic heterocycles. The molecule has 0 aliphatic carbocycles. The van der Waals surface area contributed by atoms with Crippen LogP contribution in [0.4, 0.5) is 0 Å². The van der Waals surface area contributed by atoms with Gasteiger partial charge in [-0.15, -0.1) is 0 Å². The first-order valence-electron chi connectivity index (χ1n) is 9.21. The van der Waals surface area contributed by atoms with E-state index in [0.717, 1.165) is 15.4 Å². The number of pyridine rings is 1. The van der Waals surface area contributed by atoms with Gasteiger partial charge in [-0.05, 0) is 29.7 Å². The number of hydrogen-bond donors (Lipinski definition) is 1. The summed E-state index contributed by atoms with van der Waals surface area (Å²) in [7, 11) is -2.40. The molecule has 0 aliphatic rings. The topological polar surface area (TPSA) is 79.4 Å². The summed E-state index contributed by atoms with van der Waals surface area (Å²) < 4.78 is 26.3. The van der Waals surface area contributed by atoms with Gasteiger partial charge in [0.25, 0.3) is 0 Å². The summed E-state index contributed by atoms with van der Waals surface area (Å²) in [4.78, 5) is 16.6. The Hall–Kier alpha value is -3.03. The van der Waals surface area contributed by atoms with Gasteiger partial charge in [0.2, 0.25) is 15.9 Å². The van der Waals surface area contributed by atoms with Crippen molar-refractivity contribution < 1.29 is 13.2 Å². The predicted molar refractivity (Wildman–Crippen MR) is 112 cm³/mol. The molecule has 150 valence electrons. The highest BCUT2D eigenvalue weighted by molar-refractivity contribution is 7.89. The molecule has 0 bridgehead atoms. The standard InChI is InChI=1S/C22H23N3O3S/c1-25(29(27,28)20-13-8-14-23-16-20)17-22(26)24-21(19-11-6-3-7-12-19)15-18-9-4-2-5-10-18/h2-14,16,21H,15,17H2,1H3,(H,24,26). The summed E-state index contributed by atoms with van der Waals surface area (Å²) in [5.74, 6) is -0.371. The number of nitrogens with zero attached hydrogens (tertiary/aromatic N) is 2. The van der Waals surface area contributed by atoms with E-state index in [1.807, 2.05) is 60.7 Å². The lowest BCUT2D eigenvalue weighted by molar-refractivity contribution is -0.121. The average Bonchev–Trinajstić information content (AvgIpc) is 2.75. The maximum atomic E-state index is 12.7. The van der Waals surface area contributed by atoms with Crippen LogP contribution in [-0.4, -0.2) is 37.2 Å². The van der Waals surface area contributed by atoms with E-state index < -0.39 is 10.0 Å². The van der Waals surface area contributed by atoms with Gasteiger partial charge in [-0.25, -0.2) is 8.42 Å². The number of hydrogen-bond acceptors (Lipinski definition) is 4. The summed E-state index contributed by atoms with van der Waals surface area (Å²) in [6.07, 6.45) is 3.38. The minimum absolute atomic E-state index is 0.0548. The van der Waals surface area contributed by atoms with Gasteiger partial charge in [-0.3, -0.25) is 9.78 Å². The Morgan fingerprint density at radius 1 is 1.00 bits per heavy atom. The van der Waals surface area contributed by atoms with Crippen LogP contribution in [0, 0.1) is 0 Å². The summed E-state index contributed by atoms with van der Waals surface area (Å²) in [6.45, 7) is -0.282. The highest BCUT2D eigenvalue weighted by atomic mass is 32.2. The summed E-state index contributed by atoms with van der Waals surface area (Å²) in [6, 6.07) is 22.2.